The highest BCUT2D eigenvalue weighted by molar-refractivity contribution is 5.39. The summed E-state index contributed by atoms with van der Waals surface area (Å²) in [6, 6.07) is 5.92. The first-order valence-electron chi connectivity index (χ1n) is 5.07. The molecule has 0 aromatic carbocycles. The summed E-state index contributed by atoms with van der Waals surface area (Å²) < 4.78 is 2.04. The van der Waals surface area contributed by atoms with E-state index < -0.39 is 0 Å². The molecule has 0 saturated heterocycles. The summed E-state index contributed by atoms with van der Waals surface area (Å²) >= 11 is 0. The summed E-state index contributed by atoms with van der Waals surface area (Å²) in [5.74, 6) is 0. The molecule has 0 saturated carbocycles. The zero-order chi connectivity index (χ0) is 10.7. The molecule has 0 radical (unpaired) electrons. The highest BCUT2D eigenvalue weighted by Crippen LogP contribution is 2.05. The predicted octanol–water partition coefficient (Wildman–Crippen LogP) is 0.805. The van der Waals surface area contributed by atoms with E-state index in [-0.39, 0.29) is 6.10 Å². The molecule has 2 aromatic heterocycles. The predicted molar refractivity (Wildman–Crippen MR) is 58.6 cm³/mol. The molecule has 0 fully saturated rings. The van der Waals surface area contributed by atoms with Crippen molar-refractivity contribution in [2.24, 2.45) is 0 Å². The molecule has 0 amide bonds. The molecule has 80 valence electrons. The van der Waals surface area contributed by atoms with Crippen molar-refractivity contribution in [3.63, 3.8) is 0 Å². The smallest absolute Gasteiger partial charge is 0.136 e. The van der Waals surface area contributed by atoms with Gasteiger partial charge in [0.05, 0.1) is 18.0 Å². The first kappa shape index (κ1) is 10.1. The number of nitrogens with zero attached hydrogens (tertiary/aromatic N) is 2. The number of pyridine rings is 1. The number of fused-ring (bicyclic) bond motifs is 1. The molecule has 0 aliphatic rings. The average Bonchev–Trinajstić information content (AvgIpc) is 2.62. The topological polar surface area (TPSA) is 49.6 Å². The van der Waals surface area contributed by atoms with Crippen molar-refractivity contribution in [1.82, 2.24) is 14.7 Å². The number of aromatic nitrogens is 2. The van der Waals surface area contributed by atoms with Gasteiger partial charge >= 0.3 is 0 Å². The highest BCUT2D eigenvalue weighted by atomic mass is 16.3. The molecule has 2 heterocycles. The van der Waals surface area contributed by atoms with Crippen LogP contribution in [0.1, 0.15) is 12.6 Å². The maximum absolute atomic E-state index is 9.11. The van der Waals surface area contributed by atoms with Gasteiger partial charge < -0.3 is 14.8 Å². The average molecular weight is 205 g/mol. The maximum atomic E-state index is 9.11. The quantitative estimate of drug-likeness (QED) is 0.776. The molecule has 4 heteroatoms. The van der Waals surface area contributed by atoms with Gasteiger partial charge in [-0.25, -0.2) is 4.98 Å². The van der Waals surface area contributed by atoms with E-state index in [1.165, 1.54) is 0 Å². The third kappa shape index (κ3) is 2.34. The van der Waals surface area contributed by atoms with Gasteiger partial charge in [-0.1, -0.05) is 6.07 Å². The molecular weight excluding hydrogens is 190 g/mol. The molecule has 2 aromatic rings. The Kier molecular flexibility index (Phi) is 2.99. The number of imidazole rings is 1. The van der Waals surface area contributed by atoms with E-state index in [9.17, 15) is 0 Å². The molecule has 15 heavy (non-hydrogen) atoms. The van der Waals surface area contributed by atoms with Crippen LogP contribution in [0.2, 0.25) is 0 Å². The Balaban J connectivity index is 2.08. The fourth-order valence-electron chi connectivity index (χ4n) is 1.52. The summed E-state index contributed by atoms with van der Waals surface area (Å²) in [5.41, 5.74) is 2.05. The number of rotatable bonds is 4. The van der Waals surface area contributed by atoms with Gasteiger partial charge in [-0.3, -0.25) is 0 Å². The molecule has 0 spiro atoms. The Labute approximate surface area is 88.6 Å². The monoisotopic (exact) mass is 205 g/mol. The van der Waals surface area contributed by atoms with Crippen molar-refractivity contribution in [3.8, 4) is 0 Å². The Morgan fingerprint density at radius 3 is 3.20 bits per heavy atom. The second-order valence-electron chi connectivity index (χ2n) is 3.66. The minimum Gasteiger partial charge on any atom is -0.392 e. The second kappa shape index (κ2) is 4.42. The normalized spacial score (nSPS) is 13.2. The van der Waals surface area contributed by atoms with E-state index >= 15 is 0 Å². The lowest BCUT2D eigenvalue weighted by molar-refractivity contribution is 0.191. The van der Waals surface area contributed by atoms with Gasteiger partial charge in [0.2, 0.25) is 0 Å². The fourth-order valence-corrected chi connectivity index (χ4v) is 1.52. The van der Waals surface area contributed by atoms with Gasteiger partial charge in [-0.05, 0) is 19.1 Å². The van der Waals surface area contributed by atoms with Crippen LogP contribution in [-0.2, 0) is 6.54 Å². The Morgan fingerprint density at radius 2 is 2.40 bits per heavy atom. The van der Waals surface area contributed by atoms with Crippen molar-refractivity contribution in [2.75, 3.05) is 6.54 Å². The van der Waals surface area contributed by atoms with Crippen LogP contribution in [0.5, 0.6) is 0 Å². The minimum absolute atomic E-state index is 0.316. The van der Waals surface area contributed by atoms with E-state index in [1.54, 1.807) is 6.92 Å². The van der Waals surface area contributed by atoms with Crippen LogP contribution in [-0.4, -0.2) is 27.1 Å². The molecular formula is C11H15N3O. The van der Waals surface area contributed by atoms with Crippen LogP contribution in [0, 0.1) is 0 Å². The fraction of sp³-hybridized carbons (Fsp3) is 0.364. The zero-order valence-corrected chi connectivity index (χ0v) is 8.72. The Bertz CT molecular complexity index is 436. The van der Waals surface area contributed by atoms with Gasteiger partial charge in [0.1, 0.15) is 5.65 Å². The molecule has 0 aliphatic carbocycles. The van der Waals surface area contributed by atoms with Gasteiger partial charge in [0.15, 0.2) is 0 Å². The molecule has 2 N–H and O–H groups in total. The summed E-state index contributed by atoms with van der Waals surface area (Å²) in [6.07, 6.45) is 3.52. The Morgan fingerprint density at radius 1 is 1.53 bits per heavy atom. The summed E-state index contributed by atoms with van der Waals surface area (Å²) in [4.78, 5) is 4.28. The first-order chi connectivity index (χ1) is 7.27. The van der Waals surface area contributed by atoms with Crippen LogP contribution in [0.15, 0.2) is 30.6 Å². The van der Waals surface area contributed by atoms with Gasteiger partial charge in [-0.2, -0.15) is 0 Å². The zero-order valence-electron chi connectivity index (χ0n) is 8.72. The van der Waals surface area contributed by atoms with E-state index in [0.29, 0.717) is 6.54 Å². The van der Waals surface area contributed by atoms with Gasteiger partial charge in [0, 0.05) is 19.3 Å². The van der Waals surface area contributed by atoms with Crippen molar-refractivity contribution in [1.29, 1.82) is 0 Å². The van der Waals surface area contributed by atoms with E-state index in [2.05, 4.69) is 10.3 Å². The number of hydrogen-bond acceptors (Lipinski definition) is 3. The van der Waals surface area contributed by atoms with Crippen LogP contribution in [0.4, 0.5) is 0 Å². The van der Waals surface area contributed by atoms with E-state index in [0.717, 1.165) is 17.9 Å². The lowest BCUT2D eigenvalue weighted by Crippen LogP contribution is -2.24. The van der Waals surface area contributed by atoms with Gasteiger partial charge in [-0.15, -0.1) is 0 Å². The summed E-state index contributed by atoms with van der Waals surface area (Å²) in [7, 11) is 0. The number of aliphatic hydroxyl groups is 1. The van der Waals surface area contributed by atoms with E-state index in [1.807, 2.05) is 35.0 Å². The number of nitrogens with one attached hydrogen (secondary N) is 1. The summed E-state index contributed by atoms with van der Waals surface area (Å²) in [5, 5.41) is 12.3. The van der Waals surface area contributed by atoms with Crippen LogP contribution in [0.3, 0.4) is 0 Å². The maximum Gasteiger partial charge on any atom is 0.136 e. The first-order valence-corrected chi connectivity index (χ1v) is 5.07. The molecule has 4 nitrogen and oxygen atoms in total. The van der Waals surface area contributed by atoms with Crippen molar-refractivity contribution in [2.45, 2.75) is 19.6 Å². The van der Waals surface area contributed by atoms with Crippen molar-refractivity contribution in [3.05, 3.63) is 36.3 Å². The van der Waals surface area contributed by atoms with Crippen molar-refractivity contribution < 1.29 is 5.11 Å². The van der Waals surface area contributed by atoms with E-state index in [4.69, 9.17) is 5.11 Å². The molecule has 0 bridgehead atoms. The third-order valence-corrected chi connectivity index (χ3v) is 2.24. The van der Waals surface area contributed by atoms with Crippen molar-refractivity contribution >= 4 is 5.65 Å². The highest BCUT2D eigenvalue weighted by Gasteiger charge is 2.01. The lowest BCUT2D eigenvalue weighted by atomic mass is 10.4. The number of hydrogen-bond donors (Lipinski definition) is 2. The number of aliphatic hydroxyl groups excluding tert-OH is 1. The van der Waals surface area contributed by atoms with Crippen LogP contribution >= 0.6 is 0 Å². The molecule has 1 atom stereocenters. The molecule has 0 aliphatic heterocycles. The third-order valence-electron chi connectivity index (χ3n) is 2.24. The molecule has 2 rings (SSSR count). The SMILES string of the molecule is C[C@@H](O)CNCc1cnc2ccccn12. The minimum atomic E-state index is -0.316. The largest absolute Gasteiger partial charge is 0.392 e. The van der Waals surface area contributed by atoms with Gasteiger partial charge in [0.25, 0.3) is 0 Å². The summed E-state index contributed by atoms with van der Waals surface area (Å²) in [6.45, 7) is 3.08. The molecule has 0 unspecified atom stereocenters. The standard InChI is InChI=1S/C11H15N3O/c1-9(15)6-12-7-10-8-13-11-4-2-3-5-14(10)11/h2-5,8-9,12,15H,6-7H2,1H3/t9-/m1/s1. The second-order valence-corrected chi connectivity index (χ2v) is 3.66. The van der Waals surface area contributed by atoms with Crippen LogP contribution < -0.4 is 5.32 Å². The Hall–Kier alpha value is -1.39. The lowest BCUT2D eigenvalue weighted by Gasteiger charge is -2.06. The van der Waals surface area contributed by atoms with Crippen LogP contribution in [0.25, 0.3) is 5.65 Å².